The van der Waals surface area contributed by atoms with Crippen LogP contribution in [0.3, 0.4) is 0 Å². The van der Waals surface area contributed by atoms with Gasteiger partial charge in [0.05, 0.1) is 5.56 Å². The van der Waals surface area contributed by atoms with Crippen LogP contribution in [-0.4, -0.2) is 19.5 Å². The van der Waals surface area contributed by atoms with Gasteiger partial charge in [-0.15, -0.1) is 0 Å². The molecule has 96 valence electrons. The lowest BCUT2D eigenvalue weighted by Crippen LogP contribution is -2.15. The molecule has 0 bridgehead atoms. The van der Waals surface area contributed by atoms with E-state index in [4.69, 9.17) is 9.47 Å². The summed E-state index contributed by atoms with van der Waals surface area (Å²) >= 11 is 0. The van der Waals surface area contributed by atoms with E-state index >= 15 is 0 Å². The maximum Gasteiger partial charge on any atom is 0.161 e. The van der Waals surface area contributed by atoms with Gasteiger partial charge in [-0.2, -0.15) is 0 Å². The number of halogens is 1. The van der Waals surface area contributed by atoms with Gasteiger partial charge in [-0.05, 0) is 35.4 Å². The van der Waals surface area contributed by atoms with Crippen molar-refractivity contribution in [1.82, 2.24) is 0 Å². The molecular weight excluding hydrogens is 247 g/mol. The number of fused-ring (bicyclic) bond motifs is 1. The first kappa shape index (κ1) is 11.7. The Hall–Kier alpha value is -2.36. The van der Waals surface area contributed by atoms with E-state index in [-0.39, 0.29) is 5.56 Å². The molecule has 0 N–H and O–H groups in total. The van der Waals surface area contributed by atoms with Crippen molar-refractivity contribution in [3.8, 4) is 22.6 Å². The smallest absolute Gasteiger partial charge is 0.161 e. The lowest BCUT2D eigenvalue weighted by Gasteiger charge is -2.19. The van der Waals surface area contributed by atoms with Crippen LogP contribution in [-0.2, 0) is 0 Å². The van der Waals surface area contributed by atoms with Gasteiger partial charge in [0.25, 0.3) is 0 Å². The Morgan fingerprint density at radius 2 is 1.63 bits per heavy atom. The van der Waals surface area contributed by atoms with Crippen LogP contribution < -0.4 is 9.47 Å². The van der Waals surface area contributed by atoms with Crippen LogP contribution in [0.1, 0.15) is 10.4 Å². The van der Waals surface area contributed by atoms with E-state index in [1.807, 2.05) is 18.2 Å². The highest BCUT2D eigenvalue weighted by atomic mass is 19.1. The lowest BCUT2D eigenvalue weighted by molar-refractivity contribution is 0.112. The predicted molar refractivity (Wildman–Crippen MR) is 68.2 cm³/mol. The van der Waals surface area contributed by atoms with E-state index in [0.717, 1.165) is 11.1 Å². The summed E-state index contributed by atoms with van der Waals surface area (Å²) < 4.78 is 24.2. The van der Waals surface area contributed by atoms with E-state index in [9.17, 15) is 9.18 Å². The summed E-state index contributed by atoms with van der Waals surface area (Å²) in [6.07, 6.45) is 0.511. The molecule has 3 rings (SSSR count). The highest BCUT2D eigenvalue weighted by Gasteiger charge is 2.13. The number of hydrogen-bond acceptors (Lipinski definition) is 3. The van der Waals surface area contributed by atoms with Crippen LogP contribution in [0.25, 0.3) is 11.1 Å². The molecule has 0 spiro atoms. The fraction of sp³-hybridized carbons (Fsp3) is 0.133. The molecule has 1 heterocycles. The Bertz CT molecular complexity index is 637. The van der Waals surface area contributed by atoms with Crippen molar-refractivity contribution < 1.29 is 18.7 Å². The van der Waals surface area contributed by atoms with E-state index in [1.165, 1.54) is 12.1 Å². The van der Waals surface area contributed by atoms with Crippen LogP contribution in [0.5, 0.6) is 11.5 Å². The standard InChI is InChI=1S/C15H11FO3/c16-13-3-1-10(7-12(13)9-17)11-2-4-14-15(8-11)19-6-5-18-14/h1-4,7-9H,5-6H2. The molecule has 0 fully saturated rings. The maximum absolute atomic E-state index is 13.3. The monoisotopic (exact) mass is 258 g/mol. The summed E-state index contributed by atoms with van der Waals surface area (Å²) in [6.45, 7) is 1.05. The second-order valence-corrected chi connectivity index (χ2v) is 4.21. The second-order valence-electron chi connectivity index (χ2n) is 4.21. The first-order chi connectivity index (χ1) is 9.28. The minimum absolute atomic E-state index is 0.0485. The van der Waals surface area contributed by atoms with Gasteiger partial charge in [0.15, 0.2) is 17.8 Å². The molecule has 0 aliphatic carbocycles. The molecule has 2 aromatic rings. The topological polar surface area (TPSA) is 35.5 Å². The average Bonchev–Trinajstić information content (AvgIpc) is 2.47. The van der Waals surface area contributed by atoms with E-state index < -0.39 is 5.82 Å². The molecule has 0 atom stereocenters. The van der Waals surface area contributed by atoms with Crippen LogP contribution in [0, 0.1) is 5.82 Å². The molecule has 2 aromatic carbocycles. The Morgan fingerprint density at radius 1 is 0.947 bits per heavy atom. The van der Waals surface area contributed by atoms with Crippen molar-refractivity contribution in [2.75, 3.05) is 13.2 Å². The molecule has 3 nitrogen and oxygen atoms in total. The minimum Gasteiger partial charge on any atom is -0.486 e. The van der Waals surface area contributed by atoms with Gasteiger partial charge >= 0.3 is 0 Å². The SMILES string of the molecule is O=Cc1cc(-c2ccc3c(c2)OCCO3)ccc1F. The first-order valence-electron chi connectivity index (χ1n) is 5.93. The third-order valence-electron chi connectivity index (χ3n) is 3.00. The third kappa shape index (κ3) is 2.17. The van der Waals surface area contributed by atoms with Crippen LogP contribution in [0.2, 0.25) is 0 Å². The second kappa shape index (κ2) is 4.72. The Balaban J connectivity index is 2.04. The summed E-state index contributed by atoms with van der Waals surface area (Å²) in [4.78, 5) is 10.8. The minimum atomic E-state index is -0.517. The fourth-order valence-corrected chi connectivity index (χ4v) is 2.04. The fourth-order valence-electron chi connectivity index (χ4n) is 2.04. The quantitative estimate of drug-likeness (QED) is 0.776. The van der Waals surface area contributed by atoms with Gasteiger partial charge in [0.2, 0.25) is 0 Å². The summed E-state index contributed by atoms with van der Waals surface area (Å²) in [5, 5.41) is 0. The molecule has 0 unspecified atom stereocenters. The largest absolute Gasteiger partial charge is 0.486 e. The van der Waals surface area contributed by atoms with Crippen molar-refractivity contribution in [2.24, 2.45) is 0 Å². The van der Waals surface area contributed by atoms with Gasteiger partial charge in [-0.1, -0.05) is 12.1 Å². The zero-order valence-electron chi connectivity index (χ0n) is 10.1. The van der Waals surface area contributed by atoms with Gasteiger partial charge in [0, 0.05) is 0 Å². The highest BCUT2D eigenvalue weighted by molar-refractivity contribution is 5.79. The van der Waals surface area contributed by atoms with Crippen molar-refractivity contribution in [2.45, 2.75) is 0 Å². The van der Waals surface area contributed by atoms with Crippen LogP contribution >= 0.6 is 0 Å². The molecule has 0 amide bonds. The zero-order chi connectivity index (χ0) is 13.2. The molecular formula is C15H11FO3. The van der Waals surface area contributed by atoms with Crippen LogP contribution in [0.4, 0.5) is 4.39 Å². The molecule has 1 aliphatic rings. The Morgan fingerprint density at radius 3 is 2.42 bits per heavy atom. The molecule has 19 heavy (non-hydrogen) atoms. The summed E-state index contributed by atoms with van der Waals surface area (Å²) in [5.41, 5.74) is 1.67. The number of ether oxygens (including phenoxy) is 2. The maximum atomic E-state index is 13.3. The predicted octanol–water partition coefficient (Wildman–Crippen LogP) is 3.08. The summed E-state index contributed by atoms with van der Waals surface area (Å²) in [5.74, 6) is 0.852. The Labute approximate surface area is 109 Å². The van der Waals surface area contributed by atoms with E-state index in [1.54, 1.807) is 6.07 Å². The summed E-state index contributed by atoms with van der Waals surface area (Å²) in [6, 6.07) is 9.94. The molecule has 4 heteroatoms. The number of aldehydes is 1. The van der Waals surface area contributed by atoms with Gasteiger partial charge in [0.1, 0.15) is 19.0 Å². The highest BCUT2D eigenvalue weighted by Crippen LogP contribution is 2.34. The Kier molecular flexibility index (Phi) is 2.91. The first-order valence-corrected chi connectivity index (χ1v) is 5.93. The molecule has 0 aromatic heterocycles. The third-order valence-corrected chi connectivity index (χ3v) is 3.00. The van der Waals surface area contributed by atoms with Gasteiger partial charge in [-0.25, -0.2) is 4.39 Å². The van der Waals surface area contributed by atoms with Crippen molar-refractivity contribution >= 4 is 6.29 Å². The summed E-state index contributed by atoms with van der Waals surface area (Å²) in [7, 11) is 0. The molecule has 1 aliphatic heterocycles. The van der Waals surface area contributed by atoms with Crippen LogP contribution in [0.15, 0.2) is 36.4 Å². The van der Waals surface area contributed by atoms with Gasteiger partial charge < -0.3 is 9.47 Å². The number of rotatable bonds is 2. The molecule has 0 radical (unpaired) electrons. The molecule has 0 saturated carbocycles. The number of carbonyl (C=O) groups excluding carboxylic acids is 1. The lowest BCUT2D eigenvalue weighted by atomic mass is 10.0. The zero-order valence-corrected chi connectivity index (χ0v) is 10.1. The normalized spacial score (nSPS) is 13.1. The number of benzene rings is 2. The number of carbonyl (C=O) groups is 1. The number of hydrogen-bond donors (Lipinski definition) is 0. The average molecular weight is 258 g/mol. The van der Waals surface area contributed by atoms with Gasteiger partial charge in [-0.3, -0.25) is 4.79 Å². The van der Waals surface area contributed by atoms with Crippen molar-refractivity contribution in [1.29, 1.82) is 0 Å². The van der Waals surface area contributed by atoms with Crippen molar-refractivity contribution in [3.05, 3.63) is 47.8 Å². The van der Waals surface area contributed by atoms with E-state index in [0.29, 0.717) is 31.0 Å². The molecule has 0 saturated heterocycles. The van der Waals surface area contributed by atoms with Crippen molar-refractivity contribution in [3.63, 3.8) is 0 Å². The van der Waals surface area contributed by atoms with E-state index in [2.05, 4.69) is 0 Å².